The van der Waals surface area contributed by atoms with Crippen molar-refractivity contribution >= 4 is 0 Å². The van der Waals surface area contributed by atoms with Gasteiger partial charge in [0.05, 0.1) is 14.1 Å². The Morgan fingerprint density at radius 3 is 1.91 bits per heavy atom. The summed E-state index contributed by atoms with van der Waals surface area (Å²) in [6.07, 6.45) is 14.9. The summed E-state index contributed by atoms with van der Waals surface area (Å²) in [5, 5.41) is 0. The van der Waals surface area contributed by atoms with E-state index in [0.29, 0.717) is 0 Å². The molecular formula is C18H35N2O3+. The van der Waals surface area contributed by atoms with Crippen LogP contribution in [0.2, 0.25) is 0 Å². The summed E-state index contributed by atoms with van der Waals surface area (Å²) >= 11 is 0. The summed E-state index contributed by atoms with van der Waals surface area (Å²) in [6, 6.07) is 0. The molecule has 0 N–H and O–H groups in total. The van der Waals surface area contributed by atoms with Crippen molar-refractivity contribution in [3.05, 3.63) is 18.2 Å². The van der Waals surface area contributed by atoms with Gasteiger partial charge in [0.25, 0.3) is 11.8 Å². The average Bonchev–Trinajstić information content (AvgIpc) is 2.89. The molecule has 0 aliphatic rings. The third-order valence-electron chi connectivity index (χ3n) is 4.64. The lowest BCUT2D eigenvalue weighted by molar-refractivity contribution is -0.678. The SMILES string of the molecule is COC(CCCCCCCCCc1n(C)cc[n+]1C)(OC)OC. The summed E-state index contributed by atoms with van der Waals surface area (Å²) in [6.45, 7) is 0. The molecular weight excluding hydrogens is 292 g/mol. The molecule has 5 heteroatoms. The molecule has 1 rings (SSSR count). The third kappa shape index (κ3) is 6.61. The van der Waals surface area contributed by atoms with Crippen LogP contribution in [0.5, 0.6) is 0 Å². The first-order valence-corrected chi connectivity index (χ1v) is 8.74. The number of methoxy groups -OCH3 is 3. The average molecular weight is 327 g/mol. The van der Waals surface area contributed by atoms with Gasteiger partial charge in [-0.15, -0.1) is 0 Å². The van der Waals surface area contributed by atoms with E-state index < -0.39 is 5.97 Å². The van der Waals surface area contributed by atoms with Crippen molar-refractivity contribution in [1.29, 1.82) is 0 Å². The number of unbranched alkanes of at least 4 members (excludes halogenated alkanes) is 6. The lowest BCUT2D eigenvalue weighted by atomic mass is 10.1. The maximum atomic E-state index is 5.30. The van der Waals surface area contributed by atoms with Gasteiger partial charge in [-0.25, -0.2) is 9.13 Å². The van der Waals surface area contributed by atoms with Gasteiger partial charge in [0, 0.05) is 34.2 Å². The standard InChI is InChI=1S/C18H35N2O3/c1-19-15-16-20(2)17(19)13-11-9-7-6-8-10-12-14-18(21-3,22-4)23-5/h15-16H,6-14H2,1-5H3/q+1. The molecule has 0 aliphatic carbocycles. The minimum atomic E-state index is -0.857. The lowest BCUT2D eigenvalue weighted by Gasteiger charge is -2.28. The second-order valence-corrected chi connectivity index (χ2v) is 6.21. The van der Waals surface area contributed by atoms with Crippen LogP contribution in [0.4, 0.5) is 0 Å². The largest absolute Gasteiger partial charge is 0.331 e. The molecule has 0 spiro atoms. The molecule has 0 bridgehead atoms. The second kappa shape index (κ2) is 10.8. The third-order valence-corrected chi connectivity index (χ3v) is 4.64. The fraction of sp³-hybridized carbons (Fsp3) is 0.833. The summed E-state index contributed by atoms with van der Waals surface area (Å²) in [4.78, 5) is 0. The zero-order chi connectivity index (χ0) is 17.1. The van der Waals surface area contributed by atoms with E-state index in [9.17, 15) is 0 Å². The van der Waals surface area contributed by atoms with Gasteiger partial charge in [-0.05, 0) is 12.8 Å². The van der Waals surface area contributed by atoms with Crippen LogP contribution in [0.15, 0.2) is 12.4 Å². The molecule has 0 amide bonds. The summed E-state index contributed by atoms with van der Waals surface area (Å²) < 4.78 is 20.3. The minimum absolute atomic E-state index is 0.778. The van der Waals surface area contributed by atoms with E-state index in [1.54, 1.807) is 21.3 Å². The van der Waals surface area contributed by atoms with E-state index in [1.165, 1.54) is 44.3 Å². The maximum Gasteiger partial charge on any atom is 0.282 e. The van der Waals surface area contributed by atoms with Gasteiger partial charge in [0.1, 0.15) is 12.4 Å². The van der Waals surface area contributed by atoms with E-state index in [-0.39, 0.29) is 0 Å². The van der Waals surface area contributed by atoms with Gasteiger partial charge in [-0.1, -0.05) is 32.1 Å². The van der Waals surface area contributed by atoms with Crippen molar-refractivity contribution in [3.8, 4) is 0 Å². The van der Waals surface area contributed by atoms with Crippen molar-refractivity contribution < 1.29 is 18.8 Å². The number of hydrogen-bond donors (Lipinski definition) is 0. The molecule has 0 aliphatic heterocycles. The van der Waals surface area contributed by atoms with Crippen LogP contribution in [0, 0.1) is 0 Å². The molecule has 23 heavy (non-hydrogen) atoms. The number of aryl methyl sites for hydroxylation is 2. The van der Waals surface area contributed by atoms with Crippen LogP contribution in [-0.2, 0) is 34.7 Å². The molecule has 1 heterocycles. The van der Waals surface area contributed by atoms with Crippen LogP contribution >= 0.6 is 0 Å². The monoisotopic (exact) mass is 327 g/mol. The molecule has 0 fully saturated rings. The second-order valence-electron chi connectivity index (χ2n) is 6.21. The van der Waals surface area contributed by atoms with Gasteiger partial charge in [0.15, 0.2) is 0 Å². The van der Waals surface area contributed by atoms with Crippen LogP contribution < -0.4 is 4.57 Å². The van der Waals surface area contributed by atoms with Crippen molar-refractivity contribution in [3.63, 3.8) is 0 Å². The molecule has 134 valence electrons. The molecule has 0 radical (unpaired) electrons. The maximum absolute atomic E-state index is 5.30. The van der Waals surface area contributed by atoms with Crippen LogP contribution in [-0.4, -0.2) is 31.9 Å². The Morgan fingerprint density at radius 2 is 1.43 bits per heavy atom. The summed E-state index contributed by atoms with van der Waals surface area (Å²) in [5.74, 6) is 0.546. The summed E-state index contributed by atoms with van der Waals surface area (Å²) in [7, 11) is 9.12. The van der Waals surface area contributed by atoms with Crippen LogP contribution in [0.1, 0.15) is 57.2 Å². The van der Waals surface area contributed by atoms with E-state index in [2.05, 4.69) is 35.6 Å². The predicted octanol–water partition coefficient (Wildman–Crippen LogP) is 3.11. The predicted molar refractivity (Wildman–Crippen MR) is 91.0 cm³/mol. The van der Waals surface area contributed by atoms with Gasteiger partial charge < -0.3 is 14.2 Å². The highest BCUT2D eigenvalue weighted by Crippen LogP contribution is 2.21. The number of aromatic nitrogens is 2. The van der Waals surface area contributed by atoms with Gasteiger partial charge >= 0.3 is 0 Å². The van der Waals surface area contributed by atoms with Crippen molar-refractivity contribution in [2.75, 3.05) is 21.3 Å². The van der Waals surface area contributed by atoms with Crippen molar-refractivity contribution in [2.24, 2.45) is 14.1 Å². The Labute approximate surface area is 141 Å². The highest BCUT2D eigenvalue weighted by atomic mass is 16.9. The molecule has 0 saturated heterocycles. The fourth-order valence-electron chi connectivity index (χ4n) is 3.04. The first-order valence-electron chi connectivity index (χ1n) is 8.74. The van der Waals surface area contributed by atoms with Crippen LogP contribution in [0.3, 0.4) is 0 Å². The zero-order valence-corrected chi connectivity index (χ0v) is 15.6. The molecule has 5 nitrogen and oxygen atoms in total. The first kappa shape index (κ1) is 20.1. The molecule has 0 unspecified atom stereocenters. The van der Waals surface area contributed by atoms with E-state index >= 15 is 0 Å². The number of nitrogens with zero attached hydrogens (tertiary/aromatic N) is 2. The van der Waals surface area contributed by atoms with E-state index in [0.717, 1.165) is 19.3 Å². The Bertz CT molecular complexity index is 400. The molecule has 0 saturated carbocycles. The normalized spacial score (nSPS) is 12.0. The molecule has 0 aromatic carbocycles. The smallest absolute Gasteiger partial charge is 0.282 e. The quantitative estimate of drug-likeness (QED) is 0.317. The number of rotatable bonds is 13. The number of hydrogen-bond acceptors (Lipinski definition) is 3. The van der Waals surface area contributed by atoms with Crippen LogP contribution in [0.25, 0.3) is 0 Å². The van der Waals surface area contributed by atoms with Gasteiger partial charge in [-0.2, -0.15) is 0 Å². The lowest BCUT2D eigenvalue weighted by Crippen LogP contribution is -2.35. The first-order chi connectivity index (χ1) is 11.1. The molecule has 1 aromatic rings. The van der Waals surface area contributed by atoms with Crippen molar-refractivity contribution in [1.82, 2.24) is 4.57 Å². The Balaban J connectivity index is 2.02. The van der Waals surface area contributed by atoms with Gasteiger partial charge in [-0.3, -0.25) is 0 Å². The Morgan fingerprint density at radius 1 is 0.913 bits per heavy atom. The topological polar surface area (TPSA) is 36.5 Å². The highest BCUT2D eigenvalue weighted by molar-refractivity contribution is 4.81. The Kier molecular flexibility index (Phi) is 9.44. The van der Waals surface area contributed by atoms with Gasteiger partial charge in [0.2, 0.25) is 0 Å². The zero-order valence-electron chi connectivity index (χ0n) is 15.6. The Hall–Kier alpha value is -0.910. The fourth-order valence-corrected chi connectivity index (χ4v) is 3.04. The van der Waals surface area contributed by atoms with E-state index in [4.69, 9.17) is 14.2 Å². The van der Waals surface area contributed by atoms with E-state index in [1.807, 2.05) is 0 Å². The molecule has 1 aromatic heterocycles. The molecule has 0 atom stereocenters. The number of imidazole rings is 1. The number of ether oxygens (including phenoxy) is 3. The highest BCUT2D eigenvalue weighted by Gasteiger charge is 2.28. The van der Waals surface area contributed by atoms with Crippen molar-refractivity contribution in [2.45, 2.75) is 63.8 Å². The summed E-state index contributed by atoms with van der Waals surface area (Å²) in [5.41, 5.74) is 0. The minimum Gasteiger partial charge on any atom is -0.331 e.